The molecule has 3 fully saturated rings. The SMILES string of the molecule is CC[C@]1(O)C[C@@H]2CN(CCc3c([nH]c4ccccc34)[C@@](C(=O)OC)(c3cc4c(c(NC=O)c3OC)N(C)[C@@H]3C45CCN4CC=C[C@](CC)([C@H]45)[C@@H](OC(C)=O)[C@]3(O)C(=O)OC)C2)C1. The highest BCUT2D eigenvalue weighted by Crippen LogP contribution is 2.69. The fraction of sp³-hybridized carbons (Fsp3) is 0.574. The molecule has 6 aliphatic rings. The molecular formula is C47H59N5O10. The first kappa shape index (κ1) is 42.3. The number of anilines is 2. The van der Waals surface area contributed by atoms with Gasteiger partial charge >= 0.3 is 17.9 Å². The third-order valence-corrected chi connectivity index (χ3v) is 15.9. The number of methoxy groups -OCH3 is 3. The Morgan fingerprint density at radius 3 is 2.44 bits per heavy atom. The maximum absolute atomic E-state index is 15.5. The molecule has 2 bridgehead atoms. The largest absolute Gasteiger partial charge is 0.494 e. The first-order valence-corrected chi connectivity index (χ1v) is 21.9. The number of esters is 3. The fourth-order valence-electron chi connectivity index (χ4n) is 13.9. The predicted octanol–water partition coefficient (Wildman–Crippen LogP) is 3.56. The first-order chi connectivity index (χ1) is 29.7. The van der Waals surface area contributed by atoms with Crippen molar-refractivity contribution in [2.75, 3.05) is 71.3 Å². The average Bonchev–Trinajstić information content (AvgIpc) is 3.93. The van der Waals surface area contributed by atoms with Crippen molar-refractivity contribution in [3.8, 4) is 5.75 Å². The molecule has 1 amide bonds. The highest BCUT2D eigenvalue weighted by Gasteiger charge is 2.80. The van der Waals surface area contributed by atoms with Crippen LogP contribution in [0, 0.1) is 11.3 Å². The van der Waals surface area contributed by atoms with E-state index in [1.165, 1.54) is 28.3 Å². The molecule has 2 aromatic carbocycles. The van der Waals surface area contributed by atoms with Gasteiger partial charge in [0.2, 0.25) is 12.0 Å². The average molecular weight is 854 g/mol. The highest BCUT2D eigenvalue weighted by atomic mass is 16.6. The number of carbonyl (C=O) groups excluding carboxylic acids is 4. The van der Waals surface area contributed by atoms with Crippen molar-refractivity contribution >= 4 is 46.6 Å². The molecule has 1 aliphatic carbocycles. The van der Waals surface area contributed by atoms with Gasteiger partial charge in [0, 0.05) is 79.2 Å². The molecule has 1 aromatic heterocycles. The number of benzene rings is 2. The molecular weight excluding hydrogens is 795 g/mol. The Hall–Kier alpha value is -4.96. The number of para-hydroxylation sites is 1. The van der Waals surface area contributed by atoms with Crippen LogP contribution < -0.4 is 15.0 Å². The number of H-pyrrole nitrogens is 1. The number of piperidine rings is 1. The lowest BCUT2D eigenvalue weighted by molar-refractivity contribution is -0.228. The number of carbonyl (C=O) groups is 4. The second kappa shape index (κ2) is 14.8. The summed E-state index contributed by atoms with van der Waals surface area (Å²) >= 11 is 0. The number of hydrogen-bond donors (Lipinski definition) is 4. The summed E-state index contributed by atoms with van der Waals surface area (Å²) in [5, 5.41) is 29.4. The van der Waals surface area contributed by atoms with Crippen LogP contribution >= 0.6 is 0 Å². The van der Waals surface area contributed by atoms with Crippen molar-refractivity contribution < 1.29 is 48.3 Å². The summed E-state index contributed by atoms with van der Waals surface area (Å²) in [6.07, 6.45) is 5.84. The maximum Gasteiger partial charge on any atom is 0.344 e. The van der Waals surface area contributed by atoms with Crippen molar-refractivity contribution in [1.82, 2.24) is 14.8 Å². The molecule has 9 rings (SSSR count). The minimum Gasteiger partial charge on any atom is -0.494 e. The van der Waals surface area contributed by atoms with Gasteiger partial charge in [0.15, 0.2) is 6.10 Å². The molecule has 6 heterocycles. The normalized spacial score (nSPS) is 35.6. The van der Waals surface area contributed by atoms with Crippen molar-refractivity contribution in [3.63, 3.8) is 0 Å². The Morgan fingerprint density at radius 1 is 1.00 bits per heavy atom. The smallest absolute Gasteiger partial charge is 0.344 e. The number of aliphatic hydroxyl groups is 2. The van der Waals surface area contributed by atoms with Crippen LogP contribution in [0.2, 0.25) is 0 Å². The lowest BCUT2D eigenvalue weighted by atomic mass is 9.47. The standard InChI is InChI=1S/C47H59N5O10/c1-8-43(57)22-28-23-46(41(55)60-6,37-30(15-19-51(24-28)25-43)29-13-10-11-14-33(29)49-37)32-21-31-35(34(48-26-53)36(32)59-5)50(4)39-45(31)17-20-52-18-12-16-44(9-2,38(45)52)40(62-27(3)54)47(39,58)42(56)61-7/h10-14,16,21,26,28,38-40,49,57-58H,8-9,15,17-20,22-25H2,1-7H3,(H,48,53)/t28-,38-,39+,40+,43-,44+,45?,46-,47-/m0/s1. The lowest BCUT2D eigenvalue weighted by Crippen LogP contribution is -2.81. The van der Waals surface area contributed by atoms with E-state index in [9.17, 15) is 24.6 Å². The van der Waals surface area contributed by atoms with E-state index in [0.717, 1.165) is 16.5 Å². The number of hydrogen-bond acceptors (Lipinski definition) is 13. The summed E-state index contributed by atoms with van der Waals surface area (Å²) in [5.74, 6) is -2.13. The second-order valence-corrected chi connectivity index (χ2v) is 18.6. The number of aromatic nitrogens is 1. The van der Waals surface area contributed by atoms with E-state index in [-0.39, 0.29) is 23.8 Å². The van der Waals surface area contributed by atoms with E-state index in [4.69, 9.17) is 18.9 Å². The summed E-state index contributed by atoms with van der Waals surface area (Å²) in [7, 11) is 5.86. The third-order valence-electron chi connectivity index (χ3n) is 15.9. The van der Waals surface area contributed by atoms with Gasteiger partial charge in [-0.3, -0.25) is 24.2 Å². The summed E-state index contributed by atoms with van der Waals surface area (Å²) in [4.78, 5) is 66.2. The topological polar surface area (TPSA) is 183 Å². The summed E-state index contributed by atoms with van der Waals surface area (Å²) in [6, 6.07) is 8.47. The van der Waals surface area contributed by atoms with Gasteiger partial charge in [-0.2, -0.15) is 0 Å². The van der Waals surface area contributed by atoms with Crippen molar-refractivity contribution in [2.45, 2.75) is 99.5 Å². The number of amides is 1. The van der Waals surface area contributed by atoms with Crippen molar-refractivity contribution in [1.29, 1.82) is 0 Å². The van der Waals surface area contributed by atoms with Crippen molar-refractivity contribution in [2.24, 2.45) is 11.3 Å². The minimum absolute atomic E-state index is 0.194. The van der Waals surface area contributed by atoms with Gasteiger partial charge in [0.1, 0.15) is 16.9 Å². The highest BCUT2D eigenvalue weighted by molar-refractivity contribution is 5.99. The van der Waals surface area contributed by atoms with Gasteiger partial charge in [-0.05, 0) is 74.2 Å². The number of fused-ring (bicyclic) bond motifs is 6. The maximum atomic E-state index is 15.5. The van der Waals surface area contributed by atoms with Crippen LogP contribution in [-0.4, -0.2) is 140 Å². The molecule has 2 saturated heterocycles. The van der Waals surface area contributed by atoms with E-state index < -0.39 is 63.5 Å². The van der Waals surface area contributed by atoms with Crippen LogP contribution in [0.25, 0.3) is 10.9 Å². The molecule has 3 aromatic rings. The molecule has 332 valence electrons. The van der Waals surface area contributed by atoms with E-state index in [1.54, 1.807) is 7.05 Å². The predicted molar refractivity (Wildman–Crippen MR) is 230 cm³/mol. The molecule has 4 N–H and O–H groups in total. The Labute approximate surface area is 361 Å². The quantitative estimate of drug-likeness (QED) is 0.106. The molecule has 62 heavy (non-hydrogen) atoms. The van der Waals surface area contributed by atoms with Gasteiger partial charge in [-0.1, -0.05) is 44.2 Å². The van der Waals surface area contributed by atoms with E-state index in [0.29, 0.717) is 93.7 Å². The number of aromatic amines is 1. The van der Waals surface area contributed by atoms with Crippen LogP contribution in [0.3, 0.4) is 0 Å². The Bertz CT molecular complexity index is 2380. The number of likely N-dealkylation sites (N-methyl/N-ethyl adjacent to an activating group) is 1. The summed E-state index contributed by atoms with van der Waals surface area (Å²) < 4.78 is 24.0. The summed E-state index contributed by atoms with van der Waals surface area (Å²) in [6.45, 7) is 8.18. The molecule has 1 saturated carbocycles. The van der Waals surface area contributed by atoms with Crippen LogP contribution in [-0.2, 0) is 50.6 Å². The number of rotatable bonds is 9. The van der Waals surface area contributed by atoms with Crippen LogP contribution in [0.4, 0.5) is 11.4 Å². The Morgan fingerprint density at radius 2 is 1.76 bits per heavy atom. The zero-order valence-corrected chi connectivity index (χ0v) is 36.7. The molecule has 5 aliphatic heterocycles. The lowest BCUT2D eigenvalue weighted by Gasteiger charge is -2.63. The molecule has 1 spiro atoms. The third kappa shape index (κ3) is 5.43. The van der Waals surface area contributed by atoms with Crippen LogP contribution in [0.15, 0.2) is 42.5 Å². The Kier molecular flexibility index (Phi) is 10.1. The summed E-state index contributed by atoms with van der Waals surface area (Å²) in [5.41, 5.74) is -2.84. The molecule has 15 nitrogen and oxygen atoms in total. The molecule has 0 radical (unpaired) electrons. The number of nitrogens with one attached hydrogen (secondary N) is 2. The first-order valence-electron chi connectivity index (χ1n) is 21.9. The van der Waals surface area contributed by atoms with E-state index in [2.05, 4.69) is 26.2 Å². The van der Waals surface area contributed by atoms with Crippen LogP contribution in [0.1, 0.15) is 75.3 Å². The number of nitrogens with zero attached hydrogens (tertiary/aromatic N) is 3. The molecule has 10 atom stereocenters. The van der Waals surface area contributed by atoms with E-state index in [1.807, 2.05) is 55.2 Å². The van der Waals surface area contributed by atoms with Gasteiger partial charge in [0.25, 0.3) is 0 Å². The van der Waals surface area contributed by atoms with Gasteiger partial charge in [0.05, 0.1) is 38.7 Å². The second-order valence-electron chi connectivity index (χ2n) is 18.6. The van der Waals surface area contributed by atoms with Gasteiger partial charge < -0.3 is 44.4 Å². The Balaban J connectivity index is 1.42. The van der Waals surface area contributed by atoms with Gasteiger partial charge in [-0.25, -0.2) is 4.79 Å². The van der Waals surface area contributed by atoms with Gasteiger partial charge in [-0.15, -0.1) is 0 Å². The minimum atomic E-state index is -2.43. The van der Waals surface area contributed by atoms with E-state index >= 15 is 4.79 Å². The fourth-order valence-corrected chi connectivity index (χ4v) is 13.9. The monoisotopic (exact) mass is 853 g/mol. The molecule has 2 unspecified atom stereocenters. The zero-order valence-electron chi connectivity index (χ0n) is 36.7. The zero-order chi connectivity index (χ0) is 44.1. The number of ether oxygens (including phenoxy) is 4. The van der Waals surface area contributed by atoms with Crippen molar-refractivity contribution in [3.05, 3.63) is 64.9 Å². The van der Waals surface area contributed by atoms with Crippen LogP contribution in [0.5, 0.6) is 5.75 Å². The molecule has 15 heteroatoms.